The maximum atomic E-state index is 2.44. The van der Waals surface area contributed by atoms with E-state index in [0.29, 0.717) is 0 Å². The summed E-state index contributed by atoms with van der Waals surface area (Å²) in [5.41, 5.74) is 16.5. The number of nitrogens with zero attached hydrogens (tertiary/aromatic N) is 2. The van der Waals surface area contributed by atoms with Crippen LogP contribution in [0.4, 0.5) is 17.1 Å². The summed E-state index contributed by atoms with van der Waals surface area (Å²) < 4.78 is 5.07. The van der Waals surface area contributed by atoms with Crippen LogP contribution in [0, 0.1) is 0 Å². The number of para-hydroxylation sites is 1. The smallest absolute Gasteiger partial charge is 0.0619 e. The van der Waals surface area contributed by atoms with Crippen molar-refractivity contribution < 1.29 is 0 Å². The summed E-state index contributed by atoms with van der Waals surface area (Å²) in [6.07, 6.45) is 0. The highest BCUT2D eigenvalue weighted by molar-refractivity contribution is 7.25. The van der Waals surface area contributed by atoms with Gasteiger partial charge in [-0.05, 0) is 123 Å². The van der Waals surface area contributed by atoms with Gasteiger partial charge in [0.25, 0.3) is 0 Å². The summed E-state index contributed by atoms with van der Waals surface area (Å²) in [5.74, 6) is 0. The molecule has 314 valence electrons. The van der Waals surface area contributed by atoms with Crippen LogP contribution in [-0.4, -0.2) is 4.57 Å². The Balaban J connectivity index is 0.905. The molecule has 11 aromatic carbocycles. The topological polar surface area (TPSA) is 8.17 Å². The number of benzene rings is 11. The van der Waals surface area contributed by atoms with Crippen molar-refractivity contribution in [2.24, 2.45) is 0 Å². The van der Waals surface area contributed by atoms with E-state index in [4.69, 9.17) is 0 Å². The Labute approximate surface area is 393 Å². The highest BCUT2D eigenvalue weighted by Gasteiger charge is 2.18. The molecular weight excluding hydrogens is 829 g/mol. The number of rotatable bonds is 8. The van der Waals surface area contributed by atoms with E-state index in [1.54, 1.807) is 0 Å². The lowest BCUT2D eigenvalue weighted by Crippen LogP contribution is -2.09. The molecular formula is C64H42N2S. The second-order valence-electron chi connectivity index (χ2n) is 17.3. The maximum absolute atomic E-state index is 2.44. The molecule has 3 heteroatoms. The monoisotopic (exact) mass is 870 g/mol. The predicted octanol–water partition coefficient (Wildman–Crippen LogP) is 18.4. The first kappa shape index (κ1) is 38.9. The van der Waals surface area contributed by atoms with Gasteiger partial charge in [0.2, 0.25) is 0 Å². The highest BCUT2D eigenvalue weighted by Crippen LogP contribution is 2.43. The predicted molar refractivity (Wildman–Crippen MR) is 288 cm³/mol. The summed E-state index contributed by atoms with van der Waals surface area (Å²) >= 11 is 1.86. The molecule has 0 fully saturated rings. The van der Waals surface area contributed by atoms with Gasteiger partial charge in [-0.15, -0.1) is 11.3 Å². The van der Waals surface area contributed by atoms with Crippen molar-refractivity contribution in [1.29, 1.82) is 0 Å². The number of hydrogen-bond acceptors (Lipinski definition) is 2. The largest absolute Gasteiger partial charge is 0.311 e. The normalized spacial score (nSPS) is 11.6. The highest BCUT2D eigenvalue weighted by atomic mass is 32.1. The third-order valence-corrected chi connectivity index (χ3v) is 14.5. The van der Waals surface area contributed by atoms with Gasteiger partial charge in [0, 0.05) is 59.1 Å². The number of anilines is 3. The molecule has 0 aliphatic carbocycles. The van der Waals surface area contributed by atoms with E-state index in [0.717, 1.165) is 22.7 Å². The van der Waals surface area contributed by atoms with Crippen LogP contribution < -0.4 is 4.90 Å². The lowest BCUT2D eigenvalue weighted by atomic mass is 9.98. The fourth-order valence-electron chi connectivity index (χ4n) is 10.2. The number of aromatic nitrogens is 1. The third kappa shape index (κ3) is 6.79. The van der Waals surface area contributed by atoms with Crippen molar-refractivity contribution in [3.8, 4) is 50.2 Å². The van der Waals surface area contributed by atoms with Crippen molar-refractivity contribution in [2.75, 3.05) is 4.90 Å². The van der Waals surface area contributed by atoms with Gasteiger partial charge in [-0.1, -0.05) is 182 Å². The molecule has 2 nitrogen and oxygen atoms in total. The summed E-state index contributed by atoms with van der Waals surface area (Å²) in [7, 11) is 0. The molecule has 67 heavy (non-hydrogen) atoms. The van der Waals surface area contributed by atoms with Gasteiger partial charge < -0.3 is 9.47 Å². The molecule has 0 aliphatic rings. The number of hydrogen-bond donors (Lipinski definition) is 0. The molecule has 13 rings (SSSR count). The molecule has 0 saturated carbocycles. The Kier molecular flexibility index (Phi) is 9.40. The van der Waals surface area contributed by atoms with E-state index in [1.807, 2.05) is 11.3 Å². The Morgan fingerprint density at radius 1 is 0.313 bits per heavy atom. The average Bonchev–Trinajstić information content (AvgIpc) is 3.96. The molecule has 0 unspecified atom stereocenters. The fraction of sp³-hybridized carbons (Fsp3) is 0. The first-order valence-electron chi connectivity index (χ1n) is 22.9. The molecule has 0 atom stereocenters. The van der Waals surface area contributed by atoms with Crippen LogP contribution in [-0.2, 0) is 0 Å². The number of thiophene rings is 1. The Morgan fingerprint density at radius 2 is 0.821 bits per heavy atom. The van der Waals surface area contributed by atoms with Crippen molar-refractivity contribution >= 4 is 81.1 Å². The summed E-state index contributed by atoms with van der Waals surface area (Å²) in [6, 6.07) is 93.1. The van der Waals surface area contributed by atoms with Crippen LogP contribution in [0.2, 0.25) is 0 Å². The molecule has 2 aromatic heterocycles. The van der Waals surface area contributed by atoms with Crippen LogP contribution in [0.15, 0.2) is 255 Å². The molecule has 0 spiro atoms. The lowest BCUT2D eigenvalue weighted by molar-refractivity contribution is 1.19. The zero-order valence-corrected chi connectivity index (χ0v) is 37.4. The van der Waals surface area contributed by atoms with Gasteiger partial charge in [0.05, 0.1) is 11.0 Å². The molecule has 0 aliphatic heterocycles. The van der Waals surface area contributed by atoms with E-state index in [2.05, 4.69) is 264 Å². The SMILES string of the molecule is c1ccc(-c2cccc(-c3ccc(N(c4ccc(-c5ccc6c7ccc8ccccc8c7n(-c7ccccc7)c6c5)cc4)c4ccc(-c5cccc6sc7ccccc7c56)cc4)cc3)c2)cc1. The van der Waals surface area contributed by atoms with E-state index >= 15 is 0 Å². The Bertz CT molecular complexity index is 3940. The lowest BCUT2D eigenvalue weighted by Gasteiger charge is -2.26. The molecule has 13 aromatic rings. The Hall–Kier alpha value is -8.50. The van der Waals surface area contributed by atoms with Gasteiger partial charge >= 0.3 is 0 Å². The quantitative estimate of drug-likeness (QED) is 0.148. The van der Waals surface area contributed by atoms with Gasteiger partial charge in [0.1, 0.15) is 0 Å². The van der Waals surface area contributed by atoms with Crippen LogP contribution >= 0.6 is 11.3 Å². The first-order valence-corrected chi connectivity index (χ1v) is 23.7. The molecule has 0 amide bonds. The minimum atomic E-state index is 1.09. The zero-order chi connectivity index (χ0) is 44.3. The minimum Gasteiger partial charge on any atom is -0.311 e. The standard InChI is InChI=1S/C64H42N2S/c1-3-13-43(14-4-1)48-16-11-17-49(41-48)44-25-33-52(34-26-44)65(54-37-29-47(30-38-54)55-22-12-24-62-63(55)59-21-9-10-23-61(59)67-62)53-35-27-45(28-36-53)50-32-39-57-58-40-31-46-15-7-8-20-56(46)64(58)66(60(57)42-50)51-18-5-2-6-19-51/h1-42H. The fourth-order valence-corrected chi connectivity index (χ4v) is 11.3. The van der Waals surface area contributed by atoms with Crippen LogP contribution in [0.3, 0.4) is 0 Å². The molecule has 0 radical (unpaired) electrons. The first-order chi connectivity index (χ1) is 33.2. The van der Waals surface area contributed by atoms with Crippen LogP contribution in [0.1, 0.15) is 0 Å². The molecule has 2 heterocycles. The maximum Gasteiger partial charge on any atom is 0.0619 e. The molecule has 0 N–H and O–H groups in total. The zero-order valence-electron chi connectivity index (χ0n) is 36.6. The van der Waals surface area contributed by atoms with E-state index < -0.39 is 0 Å². The average molecular weight is 871 g/mol. The van der Waals surface area contributed by atoms with Crippen LogP contribution in [0.5, 0.6) is 0 Å². The summed E-state index contributed by atoms with van der Waals surface area (Å²) in [4.78, 5) is 2.37. The Morgan fingerprint density at radius 3 is 1.52 bits per heavy atom. The van der Waals surface area contributed by atoms with Crippen LogP contribution in [0.25, 0.3) is 103 Å². The van der Waals surface area contributed by atoms with Gasteiger partial charge in [0.15, 0.2) is 0 Å². The van der Waals surface area contributed by atoms with Crippen molar-refractivity contribution in [3.05, 3.63) is 255 Å². The summed E-state index contributed by atoms with van der Waals surface area (Å²) in [6.45, 7) is 0. The van der Waals surface area contributed by atoms with E-state index in [9.17, 15) is 0 Å². The summed E-state index contributed by atoms with van der Waals surface area (Å²) in [5, 5.41) is 7.64. The van der Waals surface area contributed by atoms with E-state index in [1.165, 1.54) is 97.3 Å². The van der Waals surface area contributed by atoms with Crippen molar-refractivity contribution in [2.45, 2.75) is 0 Å². The van der Waals surface area contributed by atoms with Gasteiger partial charge in [-0.25, -0.2) is 0 Å². The van der Waals surface area contributed by atoms with Crippen molar-refractivity contribution in [3.63, 3.8) is 0 Å². The third-order valence-electron chi connectivity index (χ3n) is 13.4. The number of fused-ring (bicyclic) bond motifs is 8. The van der Waals surface area contributed by atoms with Crippen molar-refractivity contribution in [1.82, 2.24) is 4.57 Å². The van der Waals surface area contributed by atoms with E-state index in [-0.39, 0.29) is 0 Å². The second-order valence-corrected chi connectivity index (χ2v) is 18.4. The second kappa shape index (κ2) is 16.2. The molecule has 0 saturated heterocycles. The molecule has 0 bridgehead atoms. The minimum absolute atomic E-state index is 1.09. The van der Waals surface area contributed by atoms with Gasteiger partial charge in [-0.2, -0.15) is 0 Å². The van der Waals surface area contributed by atoms with Gasteiger partial charge in [-0.3, -0.25) is 0 Å².